The summed E-state index contributed by atoms with van der Waals surface area (Å²) in [4.78, 5) is 11.7. The van der Waals surface area contributed by atoms with Gasteiger partial charge in [0.05, 0.1) is 10.7 Å². The molecule has 0 fully saturated rings. The van der Waals surface area contributed by atoms with E-state index >= 15 is 0 Å². The van der Waals surface area contributed by atoms with Crippen LogP contribution < -0.4 is 10.0 Å². The Balaban J connectivity index is 1.94. The molecule has 0 saturated heterocycles. The van der Waals surface area contributed by atoms with Crippen molar-refractivity contribution in [2.24, 2.45) is 0 Å². The molecule has 0 unspecified atom stereocenters. The largest absolute Gasteiger partial charge is 0.360 e. The second kappa shape index (κ2) is 7.29. The molecule has 0 radical (unpaired) electrons. The number of aryl methyl sites for hydroxylation is 2. The van der Waals surface area contributed by atoms with Crippen LogP contribution >= 0.6 is 11.6 Å². The van der Waals surface area contributed by atoms with Crippen LogP contribution in [0.15, 0.2) is 27.6 Å². The van der Waals surface area contributed by atoms with E-state index in [0.29, 0.717) is 0 Å². The fraction of sp³-hybridized carbons (Fsp3) is 0.286. The third kappa shape index (κ3) is 4.11. The first kappa shape index (κ1) is 18.4. The average Bonchev–Trinajstić information content (AvgIpc) is 2.83. The number of carbonyl (C=O) groups excluding carboxylic acids is 1. The van der Waals surface area contributed by atoms with Crippen LogP contribution in [0.3, 0.4) is 0 Å². The molecule has 0 aliphatic carbocycles. The van der Waals surface area contributed by atoms with Crippen molar-refractivity contribution in [3.05, 3.63) is 40.5 Å². The summed E-state index contributed by atoms with van der Waals surface area (Å²) >= 11 is 5.62. The molecule has 2 aromatic rings. The molecule has 24 heavy (non-hydrogen) atoms. The fourth-order valence-electron chi connectivity index (χ4n) is 2.04. The minimum absolute atomic E-state index is 0.0520. The molecule has 0 saturated carbocycles. The van der Waals surface area contributed by atoms with Crippen LogP contribution in [0, 0.1) is 19.7 Å². The predicted octanol–water partition coefficient (Wildman–Crippen LogP) is 2.39. The number of carbonyl (C=O) groups is 1. The lowest BCUT2D eigenvalue weighted by Crippen LogP contribution is -2.28. The van der Waals surface area contributed by atoms with Crippen LogP contribution in [0.1, 0.15) is 17.9 Å². The van der Waals surface area contributed by atoms with Gasteiger partial charge in [0.25, 0.3) is 0 Å². The van der Waals surface area contributed by atoms with E-state index in [0.717, 1.165) is 0 Å². The SMILES string of the molecule is Cc1noc(C)c1S(=O)(=O)NCCC(=O)Nc1cccc(Cl)c1F. The van der Waals surface area contributed by atoms with Crippen LogP contribution in [0.5, 0.6) is 0 Å². The van der Waals surface area contributed by atoms with Crippen LogP contribution in [-0.2, 0) is 14.8 Å². The Bertz CT molecular complexity index is 847. The standard InChI is InChI=1S/C14H15ClFN3O4S/c1-8-14(9(2)23-19-8)24(21,22)17-7-6-12(20)18-11-5-3-4-10(15)13(11)16/h3-5,17H,6-7H2,1-2H3,(H,18,20). The molecule has 0 atom stereocenters. The van der Waals surface area contributed by atoms with Gasteiger partial charge in [-0.3, -0.25) is 4.79 Å². The molecule has 2 N–H and O–H groups in total. The zero-order chi connectivity index (χ0) is 17.9. The van der Waals surface area contributed by atoms with E-state index in [2.05, 4.69) is 15.2 Å². The molecule has 1 aromatic heterocycles. The quantitative estimate of drug-likeness (QED) is 0.807. The van der Waals surface area contributed by atoms with Crippen molar-refractivity contribution in [2.45, 2.75) is 25.2 Å². The summed E-state index contributed by atoms with van der Waals surface area (Å²) in [5, 5.41) is 5.78. The van der Waals surface area contributed by atoms with Gasteiger partial charge in [-0.2, -0.15) is 0 Å². The highest BCUT2D eigenvalue weighted by molar-refractivity contribution is 7.89. The van der Waals surface area contributed by atoms with Crippen molar-refractivity contribution in [3.63, 3.8) is 0 Å². The number of hydrogen-bond acceptors (Lipinski definition) is 5. The van der Waals surface area contributed by atoms with Crippen molar-refractivity contribution in [1.29, 1.82) is 0 Å². The minimum atomic E-state index is -3.84. The summed E-state index contributed by atoms with van der Waals surface area (Å²) in [5.74, 6) is -1.15. The van der Waals surface area contributed by atoms with Crippen LogP contribution in [0.4, 0.5) is 10.1 Å². The molecule has 1 heterocycles. The van der Waals surface area contributed by atoms with E-state index in [9.17, 15) is 17.6 Å². The highest BCUT2D eigenvalue weighted by atomic mass is 35.5. The van der Waals surface area contributed by atoms with Gasteiger partial charge < -0.3 is 9.84 Å². The Kier molecular flexibility index (Phi) is 5.58. The van der Waals surface area contributed by atoms with Crippen molar-refractivity contribution in [3.8, 4) is 0 Å². The van der Waals surface area contributed by atoms with E-state index < -0.39 is 21.7 Å². The Morgan fingerprint density at radius 2 is 2.08 bits per heavy atom. The number of anilines is 1. The number of benzene rings is 1. The van der Waals surface area contributed by atoms with E-state index in [1.54, 1.807) is 0 Å². The number of sulfonamides is 1. The number of hydrogen-bond donors (Lipinski definition) is 2. The number of amides is 1. The van der Waals surface area contributed by atoms with E-state index in [1.807, 2.05) is 0 Å². The highest BCUT2D eigenvalue weighted by Gasteiger charge is 2.23. The van der Waals surface area contributed by atoms with Gasteiger partial charge in [0.1, 0.15) is 10.6 Å². The maximum atomic E-state index is 13.7. The number of aromatic nitrogens is 1. The Labute approximate surface area is 143 Å². The second-order valence-corrected chi connectivity index (χ2v) is 7.06. The average molecular weight is 376 g/mol. The lowest BCUT2D eigenvalue weighted by Gasteiger charge is -2.08. The van der Waals surface area contributed by atoms with Crippen LogP contribution in [-0.4, -0.2) is 26.0 Å². The van der Waals surface area contributed by atoms with E-state index in [1.165, 1.54) is 32.0 Å². The van der Waals surface area contributed by atoms with Crippen molar-refractivity contribution in [2.75, 3.05) is 11.9 Å². The molecular formula is C14H15ClFN3O4S. The maximum Gasteiger partial charge on any atom is 0.245 e. The lowest BCUT2D eigenvalue weighted by atomic mass is 10.3. The molecule has 0 aliphatic heterocycles. The van der Waals surface area contributed by atoms with Gasteiger partial charge in [0, 0.05) is 13.0 Å². The first-order chi connectivity index (χ1) is 11.2. The topological polar surface area (TPSA) is 101 Å². The molecular weight excluding hydrogens is 361 g/mol. The summed E-state index contributed by atoms with van der Waals surface area (Å²) in [7, 11) is -3.84. The zero-order valence-electron chi connectivity index (χ0n) is 12.9. The fourth-order valence-corrected chi connectivity index (χ4v) is 3.57. The summed E-state index contributed by atoms with van der Waals surface area (Å²) in [6.07, 6.45) is -0.186. The molecule has 7 nitrogen and oxygen atoms in total. The third-order valence-electron chi connectivity index (χ3n) is 3.11. The monoisotopic (exact) mass is 375 g/mol. The van der Waals surface area contributed by atoms with E-state index in [-0.39, 0.29) is 40.0 Å². The van der Waals surface area contributed by atoms with E-state index in [4.69, 9.17) is 16.1 Å². The van der Waals surface area contributed by atoms with Gasteiger partial charge in [0.15, 0.2) is 11.6 Å². The summed E-state index contributed by atoms with van der Waals surface area (Å²) < 4.78 is 45.1. The second-order valence-electron chi connectivity index (χ2n) is 4.95. The molecule has 0 aliphatic rings. The zero-order valence-corrected chi connectivity index (χ0v) is 14.5. The summed E-state index contributed by atoms with van der Waals surface area (Å²) in [6.45, 7) is 2.81. The molecule has 1 amide bonds. The Morgan fingerprint density at radius 3 is 2.71 bits per heavy atom. The number of halogens is 2. The lowest BCUT2D eigenvalue weighted by molar-refractivity contribution is -0.116. The maximum absolute atomic E-state index is 13.7. The number of nitrogens with zero attached hydrogens (tertiary/aromatic N) is 1. The Morgan fingerprint density at radius 1 is 1.38 bits per heavy atom. The minimum Gasteiger partial charge on any atom is -0.360 e. The van der Waals surface area contributed by atoms with Crippen LogP contribution in [0.25, 0.3) is 0 Å². The predicted molar refractivity (Wildman–Crippen MR) is 85.8 cm³/mol. The molecule has 10 heteroatoms. The molecule has 130 valence electrons. The first-order valence-corrected chi connectivity index (χ1v) is 8.75. The van der Waals surface area contributed by atoms with Crippen molar-refractivity contribution in [1.82, 2.24) is 9.88 Å². The van der Waals surface area contributed by atoms with Gasteiger partial charge in [-0.05, 0) is 26.0 Å². The summed E-state index contributed by atoms with van der Waals surface area (Å²) in [5.41, 5.74) is 0.159. The normalized spacial score (nSPS) is 11.5. The van der Waals surface area contributed by atoms with Gasteiger partial charge in [-0.1, -0.05) is 22.8 Å². The van der Waals surface area contributed by atoms with Crippen LogP contribution in [0.2, 0.25) is 5.02 Å². The van der Waals surface area contributed by atoms with Gasteiger partial charge in [-0.15, -0.1) is 0 Å². The summed E-state index contributed by atoms with van der Waals surface area (Å²) in [6, 6.07) is 4.19. The van der Waals surface area contributed by atoms with Crippen molar-refractivity contribution < 1.29 is 22.1 Å². The first-order valence-electron chi connectivity index (χ1n) is 6.89. The third-order valence-corrected chi connectivity index (χ3v) is 5.10. The molecule has 2 rings (SSSR count). The smallest absolute Gasteiger partial charge is 0.245 e. The number of nitrogens with one attached hydrogen (secondary N) is 2. The van der Waals surface area contributed by atoms with Crippen molar-refractivity contribution >= 4 is 33.2 Å². The molecule has 1 aromatic carbocycles. The molecule has 0 spiro atoms. The molecule has 0 bridgehead atoms. The van der Waals surface area contributed by atoms with Gasteiger partial charge >= 0.3 is 0 Å². The van der Waals surface area contributed by atoms with Gasteiger partial charge in [0.2, 0.25) is 15.9 Å². The highest BCUT2D eigenvalue weighted by Crippen LogP contribution is 2.22. The van der Waals surface area contributed by atoms with Gasteiger partial charge in [-0.25, -0.2) is 17.5 Å². The Hall–Kier alpha value is -1.97. The number of rotatable bonds is 6.